The third-order valence-electron chi connectivity index (χ3n) is 7.06. The molecule has 0 fully saturated rings. The molecule has 2 amide bonds. The lowest BCUT2D eigenvalue weighted by molar-refractivity contribution is -0.173. The highest BCUT2D eigenvalue weighted by atomic mass is 19.4. The quantitative estimate of drug-likeness (QED) is 0.456. The van der Waals surface area contributed by atoms with Crippen LogP contribution in [0.5, 0.6) is 5.75 Å². The molecule has 13 heteroatoms. The van der Waals surface area contributed by atoms with Crippen LogP contribution in [0, 0.1) is 5.92 Å². The number of methoxy groups -OCH3 is 3. The number of hydrogen-bond acceptors (Lipinski definition) is 8. The van der Waals surface area contributed by atoms with Gasteiger partial charge in [0.1, 0.15) is 6.61 Å². The summed E-state index contributed by atoms with van der Waals surface area (Å²) < 4.78 is 60.8. The topological polar surface area (TPSA) is 125 Å². The smallest absolute Gasteiger partial charge is 0.471 e. The zero-order valence-electron chi connectivity index (χ0n) is 23.1. The van der Waals surface area contributed by atoms with Crippen LogP contribution in [-0.4, -0.2) is 50.8 Å². The fraction of sp³-hybridized carbons (Fsp3) is 0.379. The minimum Gasteiger partial charge on any atom is -0.493 e. The Balaban J connectivity index is 1.77. The predicted molar refractivity (Wildman–Crippen MR) is 143 cm³/mol. The minimum atomic E-state index is -5.13. The van der Waals surface area contributed by atoms with E-state index in [2.05, 4.69) is 10.3 Å². The Morgan fingerprint density at radius 2 is 1.83 bits per heavy atom. The Bertz CT molecular complexity index is 1440. The molecular weight excluding hydrogens is 559 g/mol. The molecule has 3 atom stereocenters. The van der Waals surface area contributed by atoms with E-state index in [4.69, 9.17) is 18.9 Å². The highest BCUT2D eigenvalue weighted by molar-refractivity contribution is 5.87. The van der Waals surface area contributed by atoms with Crippen molar-refractivity contribution in [1.82, 2.24) is 15.6 Å². The summed E-state index contributed by atoms with van der Waals surface area (Å²) in [6.45, 7) is -0.746. The number of carbonyl (C=O) groups excluding carboxylic acids is 2. The molecule has 1 aromatic carbocycles. The van der Waals surface area contributed by atoms with Gasteiger partial charge < -0.3 is 29.6 Å². The van der Waals surface area contributed by atoms with Crippen LogP contribution >= 0.6 is 0 Å². The van der Waals surface area contributed by atoms with Crippen LogP contribution in [-0.2, 0) is 30.4 Å². The summed E-state index contributed by atoms with van der Waals surface area (Å²) in [5.41, 5.74) is 1.38. The van der Waals surface area contributed by atoms with Crippen molar-refractivity contribution in [1.29, 1.82) is 0 Å². The molecule has 0 saturated carbocycles. The molecule has 10 nitrogen and oxygen atoms in total. The standard InChI is InChI=1S/C29H30F3N3O7/c1-39-22-9-7-18-19(12-21(22)36)20(35-24(37)14-34-28(38)29(30,31)32)8-6-17-11-23(40-2)26(41-3)27(25(17)18)42-15-16-5-4-10-33-13-16/h4-5,7,9-13,17,20,25H,6,8,14-15H2,1-3H3,(H,34,38)(H,35,37). The van der Waals surface area contributed by atoms with Crippen molar-refractivity contribution in [3.63, 3.8) is 0 Å². The van der Waals surface area contributed by atoms with Gasteiger partial charge in [-0.3, -0.25) is 19.4 Å². The maximum absolute atomic E-state index is 13.0. The van der Waals surface area contributed by atoms with Crippen LogP contribution in [0.15, 0.2) is 70.9 Å². The predicted octanol–water partition coefficient (Wildman–Crippen LogP) is 3.40. The van der Waals surface area contributed by atoms with E-state index in [-0.39, 0.29) is 18.3 Å². The molecule has 4 rings (SSSR count). The summed E-state index contributed by atoms with van der Waals surface area (Å²) in [6.07, 6.45) is 0.849. The van der Waals surface area contributed by atoms with Crippen LogP contribution in [0.25, 0.3) is 0 Å². The molecule has 0 bridgehead atoms. The number of halogens is 3. The summed E-state index contributed by atoms with van der Waals surface area (Å²) in [4.78, 5) is 41.1. The van der Waals surface area contributed by atoms with E-state index in [1.54, 1.807) is 29.8 Å². The van der Waals surface area contributed by atoms with Crippen molar-refractivity contribution in [3.05, 3.63) is 93.0 Å². The van der Waals surface area contributed by atoms with Gasteiger partial charge >= 0.3 is 12.1 Å². The van der Waals surface area contributed by atoms with E-state index in [9.17, 15) is 27.6 Å². The van der Waals surface area contributed by atoms with Crippen molar-refractivity contribution in [3.8, 4) is 5.75 Å². The van der Waals surface area contributed by atoms with E-state index >= 15 is 0 Å². The number of amides is 2. The number of fused-ring (bicyclic) bond motifs is 3. The van der Waals surface area contributed by atoms with Crippen LogP contribution in [0.4, 0.5) is 13.2 Å². The molecule has 2 aliphatic carbocycles. The summed E-state index contributed by atoms with van der Waals surface area (Å²) >= 11 is 0. The van der Waals surface area contributed by atoms with Crippen LogP contribution in [0.2, 0.25) is 0 Å². The van der Waals surface area contributed by atoms with E-state index in [0.717, 1.165) is 5.56 Å². The molecule has 0 saturated heterocycles. The molecular formula is C29H30F3N3O7. The average molecular weight is 590 g/mol. The van der Waals surface area contributed by atoms with Gasteiger partial charge in [0, 0.05) is 18.0 Å². The van der Waals surface area contributed by atoms with Gasteiger partial charge in [0.15, 0.2) is 23.0 Å². The van der Waals surface area contributed by atoms with Crippen molar-refractivity contribution >= 4 is 11.8 Å². The maximum atomic E-state index is 13.0. The van der Waals surface area contributed by atoms with Crippen LogP contribution < -0.4 is 20.8 Å². The number of allylic oxidation sites excluding steroid dienone is 2. The van der Waals surface area contributed by atoms with Crippen LogP contribution in [0.3, 0.4) is 0 Å². The molecule has 0 spiro atoms. The van der Waals surface area contributed by atoms with Gasteiger partial charge in [-0.2, -0.15) is 13.2 Å². The van der Waals surface area contributed by atoms with E-state index in [0.29, 0.717) is 41.2 Å². The molecule has 224 valence electrons. The lowest BCUT2D eigenvalue weighted by Gasteiger charge is -2.32. The van der Waals surface area contributed by atoms with Gasteiger partial charge in [-0.25, -0.2) is 0 Å². The zero-order valence-corrected chi connectivity index (χ0v) is 23.1. The summed E-state index contributed by atoms with van der Waals surface area (Å²) in [6, 6.07) is 7.42. The van der Waals surface area contributed by atoms with Crippen molar-refractivity contribution in [2.45, 2.75) is 37.6 Å². The Kier molecular flexibility index (Phi) is 9.38. The van der Waals surface area contributed by atoms with Gasteiger partial charge in [-0.05, 0) is 54.2 Å². The van der Waals surface area contributed by atoms with Gasteiger partial charge in [0.2, 0.25) is 11.3 Å². The monoisotopic (exact) mass is 589 g/mol. The number of nitrogens with one attached hydrogen (secondary N) is 2. The SMILES string of the molecule is COC1=CC2CCC(NC(=O)CNC(=O)C(F)(F)F)c3cc(=O)c(OC)ccc3C2C(OCc2cccnc2)=C1OC. The fourth-order valence-electron chi connectivity index (χ4n) is 5.17. The van der Waals surface area contributed by atoms with E-state index in [1.165, 1.54) is 33.5 Å². The van der Waals surface area contributed by atoms with Crippen LogP contribution in [0.1, 0.15) is 41.5 Å². The zero-order chi connectivity index (χ0) is 30.4. The summed E-state index contributed by atoms with van der Waals surface area (Å²) in [5, 5.41) is 4.25. The third-order valence-corrected chi connectivity index (χ3v) is 7.06. The molecule has 0 aliphatic heterocycles. The second-order valence-corrected chi connectivity index (χ2v) is 9.62. The molecule has 1 aromatic heterocycles. The Hall–Kier alpha value is -4.55. The number of carbonyl (C=O) groups is 2. The van der Waals surface area contributed by atoms with Crippen molar-refractivity contribution in [2.75, 3.05) is 27.9 Å². The maximum Gasteiger partial charge on any atom is 0.471 e. The molecule has 1 heterocycles. The molecule has 0 radical (unpaired) electrons. The number of rotatable bonds is 9. The van der Waals surface area contributed by atoms with Gasteiger partial charge in [0.05, 0.1) is 39.8 Å². The second kappa shape index (κ2) is 13.0. The molecule has 3 unspecified atom stereocenters. The molecule has 2 aromatic rings. The Morgan fingerprint density at radius 3 is 2.48 bits per heavy atom. The number of nitrogens with zero attached hydrogens (tertiary/aromatic N) is 1. The number of alkyl halides is 3. The van der Waals surface area contributed by atoms with Crippen molar-refractivity contribution in [2.24, 2.45) is 5.92 Å². The largest absolute Gasteiger partial charge is 0.493 e. The second-order valence-electron chi connectivity index (χ2n) is 9.62. The first kappa shape index (κ1) is 30.4. The van der Waals surface area contributed by atoms with Gasteiger partial charge in [-0.15, -0.1) is 0 Å². The highest BCUT2D eigenvalue weighted by Crippen LogP contribution is 2.48. The van der Waals surface area contributed by atoms with Crippen molar-refractivity contribution < 1.29 is 41.7 Å². The normalized spacial score (nSPS) is 19.8. The summed E-state index contributed by atoms with van der Waals surface area (Å²) in [7, 11) is 4.34. The lowest BCUT2D eigenvalue weighted by atomic mass is 9.79. The number of aromatic nitrogens is 1. The number of ether oxygens (including phenoxy) is 4. The Morgan fingerprint density at radius 1 is 1.05 bits per heavy atom. The minimum absolute atomic E-state index is 0.0554. The highest BCUT2D eigenvalue weighted by Gasteiger charge is 2.41. The lowest BCUT2D eigenvalue weighted by Crippen LogP contribution is -2.43. The molecule has 42 heavy (non-hydrogen) atoms. The first-order valence-electron chi connectivity index (χ1n) is 13.0. The first-order valence-corrected chi connectivity index (χ1v) is 13.0. The Labute approximate surface area is 239 Å². The van der Waals surface area contributed by atoms with Gasteiger partial charge in [0.25, 0.3) is 0 Å². The third kappa shape index (κ3) is 6.67. The van der Waals surface area contributed by atoms with Gasteiger partial charge in [-0.1, -0.05) is 12.1 Å². The first-order chi connectivity index (χ1) is 20.1. The molecule has 2 N–H and O–H groups in total. The fourth-order valence-corrected chi connectivity index (χ4v) is 5.17. The van der Waals surface area contributed by atoms with E-state index < -0.39 is 41.9 Å². The number of pyridine rings is 1. The molecule has 2 aliphatic rings. The van der Waals surface area contributed by atoms with E-state index in [1.807, 2.05) is 12.1 Å². The number of hydrogen-bond donors (Lipinski definition) is 2. The average Bonchev–Trinajstić information content (AvgIpc) is 3.22. The summed E-state index contributed by atoms with van der Waals surface area (Å²) in [5.74, 6) is -2.52.